The van der Waals surface area contributed by atoms with Crippen molar-refractivity contribution in [2.75, 3.05) is 18.5 Å². The first-order valence-electron chi connectivity index (χ1n) is 8.30. The maximum absolute atomic E-state index is 12.5. The molecule has 0 heterocycles. The summed E-state index contributed by atoms with van der Waals surface area (Å²) in [6.07, 6.45) is 6.60. The molecule has 148 valence electrons. The largest absolute Gasteiger partial charge is 0.490 e. The maximum Gasteiger partial charge on any atom is 0.266 e. The van der Waals surface area contributed by atoms with E-state index in [0.717, 1.165) is 0 Å². The van der Waals surface area contributed by atoms with Crippen molar-refractivity contribution >= 4 is 52.5 Å². The van der Waals surface area contributed by atoms with Gasteiger partial charge in [0.05, 0.1) is 21.7 Å². The average molecular weight is 450 g/mol. The SMILES string of the molecule is C#CCOc1c(Cl)cc(/C=C(\C#N)C(=O)Nc2ccc(Cl)c(Cl)c2)cc1OCC. The van der Waals surface area contributed by atoms with Crippen LogP contribution in [0.25, 0.3) is 6.08 Å². The van der Waals surface area contributed by atoms with Crippen LogP contribution >= 0.6 is 34.8 Å². The summed E-state index contributed by atoms with van der Waals surface area (Å²) >= 11 is 18.1. The monoisotopic (exact) mass is 448 g/mol. The van der Waals surface area contributed by atoms with E-state index < -0.39 is 5.91 Å². The first-order valence-corrected chi connectivity index (χ1v) is 9.43. The number of nitrogens with one attached hydrogen (secondary N) is 1. The molecule has 0 fully saturated rings. The van der Waals surface area contributed by atoms with Gasteiger partial charge in [-0.1, -0.05) is 40.7 Å². The first-order chi connectivity index (χ1) is 13.9. The van der Waals surface area contributed by atoms with E-state index in [9.17, 15) is 10.1 Å². The fourth-order valence-corrected chi connectivity index (χ4v) is 2.85. The third-order valence-corrected chi connectivity index (χ3v) is 4.50. The number of nitrogens with zero attached hydrogens (tertiary/aromatic N) is 1. The van der Waals surface area contributed by atoms with Gasteiger partial charge in [-0.25, -0.2) is 0 Å². The molecule has 0 radical (unpaired) electrons. The fourth-order valence-electron chi connectivity index (χ4n) is 2.28. The van der Waals surface area contributed by atoms with E-state index in [1.54, 1.807) is 31.2 Å². The molecule has 5 nitrogen and oxygen atoms in total. The molecule has 0 aromatic heterocycles. The number of carbonyl (C=O) groups excluding carboxylic acids is 1. The molecule has 0 saturated heterocycles. The van der Waals surface area contributed by atoms with E-state index in [1.165, 1.54) is 12.1 Å². The van der Waals surface area contributed by atoms with Gasteiger partial charge in [-0.2, -0.15) is 5.26 Å². The van der Waals surface area contributed by atoms with Gasteiger partial charge >= 0.3 is 0 Å². The third-order valence-electron chi connectivity index (χ3n) is 3.49. The number of benzene rings is 2. The lowest BCUT2D eigenvalue weighted by Gasteiger charge is -2.13. The zero-order chi connectivity index (χ0) is 21.4. The molecule has 0 spiro atoms. The Balaban J connectivity index is 2.33. The van der Waals surface area contributed by atoms with Crippen molar-refractivity contribution in [2.45, 2.75) is 6.92 Å². The molecule has 0 aliphatic heterocycles. The predicted molar refractivity (Wildman–Crippen MR) is 116 cm³/mol. The van der Waals surface area contributed by atoms with E-state index in [4.69, 9.17) is 50.7 Å². The number of amides is 1. The Labute approximate surface area is 183 Å². The van der Waals surface area contributed by atoms with Crippen molar-refractivity contribution in [3.05, 3.63) is 56.5 Å². The standard InChI is InChI=1S/C21H15Cl3N2O3/c1-3-7-29-20-18(24)9-13(10-19(20)28-4-2)8-14(12-25)21(27)26-15-5-6-16(22)17(23)11-15/h1,5-6,8-11H,4,7H2,2H3,(H,26,27)/b14-8+. The molecule has 2 aromatic carbocycles. The summed E-state index contributed by atoms with van der Waals surface area (Å²) in [6.45, 7) is 2.18. The average Bonchev–Trinajstić information content (AvgIpc) is 2.68. The molecule has 2 aromatic rings. The Morgan fingerprint density at radius 1 is 1.17 bits per heavy atom. The van der Waals surface area contributed by atoms with Crippen LogP contribution in [0.5, 0.6) is 11.5 Å². The second-order valence-corrected chi connectivity index (χ2v) is 6.73. The minimum Gasteiger partial charge on any atom is -0.490 e. The van der Waals surface area contributed by atoms with E-state index in [-0.39, 0.29) is 22.2 Å². The predicted octanol–water partition coefficient (Wildman–Crippen LogP) is 5.60. The zero-order valence-electron chi connectivity index (χ0n) is 15.3. The lowest BCUT2D eigenvalue weighted by Crippen LogP contribution is -2.13. The summed E-state index contributed by atoms with van der Waals surface area (Å²) in [4.78, 5) is 12.5. The van der Waals surface area contributed by atoms with Crippen molar-refractivity contribution in [2.24, 2.45) is 0 Å². The molecule has 0 unspecified atom stereocenters. The van der Waals surface area contributed by atoms with E-state index in [2.05, 4.69) is 11.2 Å². The minimum atomic E-state index is -0.618. The molecular formula is C21H15Cl3N2O3. The van der Waals surface area contributed by atoms with Crippen molar-refractivity contribution in [1.82, 2.24) is 0 Å². The molecule has 8 heteroatoms. The van der Waals surface area contributed by atoms with Crippen LogP contribution in [0, 0.1) is 23.7 Å². The van der Waals surface area contributed by atoms with Crippen LogP contribution in [0.2, 0.25) is 15.1 Å². The Hall–Kier alpha value is -2.83. The Morgan fingerprint density at radius 3 is 2.55 bits per heavy atom. The van der Waals surface area contributed by atoms with Gasteiger partial charge in [0.2, 0.25) is 0 Å². The van der Waals surface area contributed by atoms with Crippen molar-refractivity contribution in [3.63, 3.8) is 0 Å². The molecule has 0 bridgehead atoms. The second kappa shape index (κ2) is 10.6. The zero-order valence-corrected chi connectivity index (χ0v) is 17.5. The number of hydrogen-bond acceptors (Lipinski definition) is 4. The molecule has 0 saturated carbocycles. The van der Waals surface area contributed by atoms with E-state index >= 15 is 0 Å². The highest BCUT2D eigenvalue weighted by Gasteiger charge is 2.15. The van der Waals surface area contributed by atoms with Gasteiger partial charge in [0, 0.05) is 5.69 Å². The molecule has 2 rings (SSSR count). The van der Waals surface area contributed by atoms with Crippen LogP contribution < -0.4 is 14.8 Å². The number of ether oxygens (including phenoxy) is 2. The van der Waals surface area contributed by atoms with E-state index in [0.29, 0.717) is 34.4 Å². The number of halogens is 3. The normalized spacial score (nSPS) is 10.6. The molecule has 0 aliphatic carbocycles. The lowest BCUT2D eigenvalue weighted by molar-refractivity contribution is -0.112. The number of nitriles is 1. The topological polar surface area (TPSA) is 71.3 Å². The summed E-state index contributed by atoms with van der Waals surface area (Å²) in [6, 6.07) is 9.61. The Kier molecular flexibility index (Phi) is 8.24. The van der Waals surface area contributed by atoms with Gasteiger partial charge in [0.25, 0.3) is 5.91 Å². The Morgan fingerprint density at radius 2 is 1.93 bits per heavy atom. The van der Waals surface area contributed by atoms with Crippen LogP contribution in [0.15, 0.2) is 35.9 Å². The lowest BCUT2D eigenvalue weighted by atomic mass is 10.1. The highest BCUT2D eigenvalue weighted by molar-refractivity contribution is 6.42. The highest BCUT2D eigenvalue weighted by atomic mass is 35.5. The van der Waals surface area contributed by atoms with Gasteiger partial charge in [-0.15, -0.1) is 6.42 Å². The van der Waals surface area contributed by atoms with Crippen LogP contribution in [0.1, 0.15) is 12.5 Å². The Bertz CT molecular complexity index is 1040. The van der Waals surface area contributed by atoms with Crippen LogP contribution in [0.4, 0.5) is 5.69 Å². The number of anilines is 1. The minimum absolute atomic E-state index is 0.0183. The molecule has 0 atom stereocenters. The molecule has 1 N–H and O–H groups in total. The quantitative estimate of drug-likeness (QED) is 0.339. The smallest absolute Gasteiger partial charge is 0.266 e. The van der Waals surface area contributed by atoms with Gasteiger partial charge < -0.3 is 14.8 Å². The van der Waals surface area contributed by atoms with Crippen molar-refractivity contribution < 1.29 is 14.3 Å². The number of hydrogen-bond donors (Lipinski definition) is 1. The second-order valence-electron chi connectivity index (χ2n) is 5.51. The number of terminal acetylenes is 1. The van der Waals surface area contributed by atoms with Gasteiger partial charge in [-0.05, 0) is 48.9 Å². The van der Waals surface area contributed by atoms with E-state index in [1.807, 2.05) is 6.07 Å². The summed E-state index contributed by atoms with van der Waals surface area (Å²) in [5.41, 5.74) is 0.732. The summed E-state index contributed by atoms with van der Waals surface area (Å²) < 4.78 is 11.0. The van der Waals surface area contributed by atoms with Crippen molar-refractivity contribution in [3.8, 4) is 29.9 Å². The molecule has 1 amide bonds. The van der Waals surface area contributed by atoms with Gasteiger partial charge in [-0.3, -0.25) is 4.79 Å². The molecular weight excluding hydrogens is 435 g/mol. The summed E-state index contributed by atoms with van der Waals surface area (Å²) in [7, 11) is 0. The first kappa shape index (κ1) is 22.5. The van der Waals surface area contributed by atoms with Gasteiger partial charge in [0.1, 0.15) is 18.2 Å². The molecule has 29 heavy (non-hydrogen) atoms. The molecule has 0 aliphatic rings. The van der Waals surface area contributed by atoms with Crippen LogP contribution in [0.3, 0.4) is 0 Å². The third kappa shape index (κ3) is 6.07. The number of carbonyl (C=O) groups is 1. The highest BCUT2D eigenvalue weighted by Crippen LogP contribution is 2.37. The summed E-state index contributed by atoms with van der Waals surface area (Å²) in [5.74, 6) is 2.38. The van der Waals surface area contributed by atoms with Crippen LogP contribution in [-0.2, 0) is 4.79 Å². The van der Waals surface area contributed by atoms with Crippen LogP contribution in [-0.4, -0.2) is 19.1 Å². The fraction of sp³-hybridized carbons (Fsp3) is 0.143. The van der Waals surface area contributed by atoms with Gasteiger partial charge in [0.15, 0.2) is 11.5 Å². The van der Waals surface area contributed by atoms with Crippen molar-refractivity contribution in [1.29, 1.82) is 5.26 Å². The summed E-state index contributed by atoms with van der Waals surface area (Å²) in [5, 5.41) is 12.9. The number of rotatable bonds is 7. The maximum atomic E-state index is 12.5.